The normalized spacial score (nSPS) is 21.1. The van der Waals surface area contributed by atoms with Gasteiger partial charge in [0.1, 0.15) is 0 Å². The zero-order valence-corrected chi connectivity index (χ0v) is 13.3. The van der Waals surface area contributed by atoms with Crippen LogP contribution < -0.4 is 5.32 Å². The van der Waals surface area contributed by atoms with Crippen LogP contribution in [-0.2, 0) is 16.6 Å². The van der Waals surface area contributed by atoms with Crippen LogP contribution in [0.3, 0.4) is 0 Å². The number of aliphatic hydroxyl groups is 1. The Balaban J connectivity index is 2.26. The molecule has 6 heteroatoms. The van der Waals surface area contributed by atoms with Crippen LogP contribution in [0.5, 0.6) is 0 Å². The summed E-state index contributed by atoms with van der Waals surface area (Å²) in [5.74, 6) is 0. The van der Waals surface area contributed by atoms with Crippen LogP contribution in [0.1, 0.15) is 31.2 Å². The molecule has 1 aliphatic rings. The van der Waals surface area contributed by atoms with Gasteiger partial charge in [-0.1, -0.05) is 25.0 Å². The molecule has 0 radical (unpaired) electrons. The highest BCUT2D eigenvalue weighted by Gasteiger charge is 2.31. The first-order valence-electron chi connectivity index (χ1n) is 7.46. The molecular weight excluding hydrogens is 288 g/mol. The van der Waals surface area contributed by atoms with E-state index in [0.717, 1.165) is 31.2 Å². The van der Waals surface area contributed by atoms with E-state index in [4.69, 9.17) is 0 Å². The average molecular weight is 312 g/mol. The zero-order valence-electron chi connectivity index (χ0n) is 12.5. The maximum atomic E-state index is 12.8. The van der Waals surface area contributed by atoms with E-state index in [0.29, 0.717) is 18.0 Å². The van der Waals surface area contributed by atoms with E-state index in [1.54, 1.807) is 12.1 Å². The second-order valence-corrected chi connectivity index (χ2v) is 7.37. The van der Waals surface area contributed by atoms with Crippen LogP contribution in [0, 0.1) is 0 Å². The maximum absolute atomic E-state index is 12.8. The molecule has 0 bridgehead atoms. The third-order valence-corrected chi connectivity index (χ3v) is 5.91. The minimum Gasteiger partial charge on any atom is -0.395 e. The van der Waals surface area contributed by atoms with Crippen LogP contribution in [0.4, 0.5) is 0 Å². The van der Waals surface area contributed by atoms with Crippen molar-refractivity contribution in [3.05, 3.63) is 29.8 Å². The molecule has 0 aromatic heterocycles. The van der Waals surface area contributed by atoms with Gasteiger partial charge in [0.2, 0.25) is 10.0 Å². The van der Waals surface area contributed by atoms with Crippen molar-refractivity contribution in [3.8, 4) is 0 Å². The highest BCUT2D eigenvalue weighted by molar-refractivity contribution is 7.89. The average Bonchev–Trinajstić information content (AvgIpc) is 2.73. The Labute approximate surface area is 127 Å². The summed E-state index contributed by atoms with van der Waals surface area (Å²) in [6.45, 7) is 1.09. The fourth-order valence-corrected chi connectivity index (χ4v) is 4.45. The first-order valence-corrected chi connectivity index (χ1v) is 8.90. The molecule has 1 saturated heterocycles. The predicted molar refractivity (Wildman–Crippen MR) is 82.4 cm³/mol. The Morgan fingerprint density at radius 2 is 1.95 bits per heavy atom. The molecule has 0 aliphatic carbocycles. The number of benzene rings is 1. The van der Waals surface area contributed by atoms with E-state index in [-0.39, 0.29) is 12.6 Å². The number of aliphatic hydroxyl groups excluding tert-OH is 1. The standard InChI is InChI=1S/C15H24N2O3S/c1-16-11-13-6-8-15(9-7-13)21(19,20)17-10-4-2-3-5-14(17)12-18/h6-9,14,16,18H,2-5,10-12H2,1H3. The molecule has 1 atom stereocenters. The van der Waals surface area contributed by atoms with Crippen LogP contribution in [0.25, 0.3) is 0 Å². The summed E-state index contributed by atoms with van der Waals surface area (Å²) in [4.78, 5) is 0.308. The lowest BCUT2D eigenvalue weighted by atomic mass is 10.1. The molecule has 5 nitrogen and oxygen atoms in total. The van der Waals surface area contributed by atoms with Gasteiger partial charge in [-0.15, -0.1) is 0 Å². The summed E-state index contributed by atoms with van der Waals surface area (Å²) in [5, 5.41) is 12.5. The fourth-order valence-electron chi connectivity index (χ4n) is 2.77. The molecule has 0 amide bonds. The fraction of sp³-hybridized carbons (Fsp3) is 0.600. The van der Waals surface area contributed by atoms with Crippen molar-refractivity contribution in [1.82, 2.24) is 9.62 Å². The number of nitrogens with zero attached hydrogens (tertiary/aromatic N) is 1. The minimum atomic E-state index is -3.53. The van der Waals surface area contributed by atoms with Crippen molar-refractivity contribution < 1.29 is 13.5 Å². The Hall–Kier alpha value is -0.950. The number of hydrogen-bond acceptors (Lipinski definition) is 4. The summed E-state index contributed by atoms with van der Waals surface area (Å²) in [5.41, 5.74) is 1.05. The molecule has 2 rings (SSSR count). The minimum absolute atomic E-state index is 0.114. The van der Waals surface area contributed by atoms with E-state index in [1.165, 1.54) is 4.31 Å². The summed E-state index contributed by atoms with van der Waals surface area (Å²) in [6.07, 6.45) is 3.57. The molecule has 1 aromatic rings. The van der Waals surface area contributed by atoms with Crippen LogP contribution in [0.15, 0.2) is 29.2 Å². The van der Waals surface area contributed by atoms with Gasteiger partial charge >= 0.3 is 0 Å². The lowest BCUT2D eigenvalue weighted by Gasteiger charge is -2.27. The van der Waals surface area contributed by atoms with Crippen molar-refractivity contribution >= 4 is 10.0 Å². The highest BCUT2D eigenvalue weighted by Crippen LogP contribution is 2.24. The van der Waals surface area contributed by atoms with Crippen molar-refractivity contribution in [2.45, 2.75) is 43.2 Å². The largest absolute Gasteiger partial charge is 0.395 e. The summed E-state index contributed by atoms with van der Waals surface area (Å²) in [7, 11) is -1.67. The van der Waals surface area contributed by atoms with Gasteiger partial charge in [0.25, 0.3) is 0 Å². The quantitative estimate of drug-likeness (QED) is 0.860. The van der Waals surface area contributed by atoms with Crippen LogP contribution in [0.2, 0.25) is 0 Å². The lowest BCUT2D eigenvalue weighted by molar-refractivity contribution is 0.186. The predicted octanol–water partition coefficient (Wildman–Crippen LogP) is 1.33. The smallest absolute Gasteiger partial charge is 0.243 e. The molecule has 21 heavy (non-hydrogen) atoms. The zero-order chi connectivity index (χ0) is 15.3. The van der Waals surface area contributed by atoms with Gasteiger partial charge < -0.3 is 10.4 Å². The van der Waals surface area contributed by atoms with Crippen LogP contribution >= 0.6 is 0 Å². The summed E-state index contributed by atoms with van der Waals surface area (Å²) < 4.78 is 27.0. The topological polar surface area (TPSA) is 69.6 Å². The molecule has 1 aliphatic heterocycles. The Morgan fingerprint density at radius 3 is 2.57 bits per heavy atom. The van der Waals surface area contributed by atoms with Gasteiger partial charge in [-0.3, -0.25) is 0 Å². The van der Waals surface area contributed by atoms with Gasteiger partial charge in [0.15, 0.2) is 0 Å². The van der Waals surface area contributed by atoms with Gasteiger partial charge in [0, 0.05) is 19.1 Å². The van der Waals surface area contributed by atoms with Crippen LogP contribution in [-0.4, -0.2) is 44.1 Å². The van der Waals surface area contributed by atoms with Crippen molar-refractivity contribution in [1.29, 1.82) is 0 Å². The van der Waals surface area contributed by atoms with Gasteiger partial charge in [-0.2, -0.15) is 4.31 Å². The number of rotatable bonds is 5. The Kier molecular flexibility index (Phi) is 5.75. The molecule has 118 valence electrons. The van der Waals surface area contributed by atoms with Crippen molar-refractivity contribution in [3.63, 3.8) is 0 Å². The van der Waals surface area contributed by atoms with E-state index in [2.05, 4.69) is 5.32 Å². The number of hydrogen-bond donors (Lipinski definition) is 2. The van der Waals surface area contributed by atoms with Crippen molar-refractivity contribution in [2.24, 2.45) is 0 Å². The first kappa shape index (κ1) is 16.4. The second kappa shape index (κ2) is 7.35. The summed E-state index contributed by atoms with van der Waals surface area (Å²) >= 11 is 0. The van der Waals surface area contributed by atoms with Crippen molar-refractivity contribution in [2.75, 3.05) is 20.2 Å². The third-order valence-electron chi connectivity index (χ3n) is 3.94. The lowest BCUT2D eigenvalue weighted by Crippen LogP contribution is -2.42. The molecule has 0 saturated carbocycles. The first-order chi connectivity index (χ1) is 10.1. The molecule has 1 fully saturated rings. The van der Waals surface area contributed by atoms with Gasteiger partial charge in [-0.25, -0.2) is 8.42 Å². The third kappa shape index (κ3) is 3.83. The number of sulfonamides is 1. The molecule has 1 aromatic carbocycles. The van der Waals surface area contributed by atoms with E-state index in [9.17, 15) is 13.5 Å². The Morgan fingerprint density at radius 1 is 1.24 bits per heavy atom. The van der Waals surface area contributed by atoms with E-state index < -0.39 is 10.0 Å². The SMILES string of the molecule is CNCc1ccc(S(=O)(=O)N2CCCCCC2CO)cc1. The maximum Gasteiger partial charge on any atom is 0.243 e. The monoisotopic (exact) mass is 312 g/mol. The Bertz CT molecular complexity index is 543. The second-order valence-electron chi connectivity index (χ2n) is 5.48. The van der Waals surface area contributed by atoms with Gasteiger partial charge in [0.05, 0.1) is 11.5 Å². The summed E-state index contributed by atoms with van der Waals surface area (Å²) in [6, 6.07) is 6.67. The molecular formula is C15H24N2O3S. The van der Waals surface area contributed by atoms with E-state index in [1.807, 2.05) is 19.2 Å². The van der Waals surface area contributed by atoms with Gasteiger partial charge in [-0.05, 0) is 37.6 Å². The number of nitrogens with one attached hydrogen (secondary N) is 1. The molecule has 0 spiro atoms. The highest BCUT2D eigenvalue weighted by atomic mass is 32.2. The molecule has 1 heterocycles. The molecule has 2 N–H and O–H groups in total. The van der Waals surface area contributed by atoms with E-state index >= 15 is 0 Å². The molecule has 1 unspecified atom stereocenters.